The predicted molar refractivity (Wildman–Crippen MR) is 84.5 cm³/mol. The first-order valence-corrected chi connectivity index (χ1v) is 7.18. The van der Waals surface area contributed by atoms with Gasteiger partial charge in [0.2, 0.25) is 0 Å². The van der Waals surface area contributed by atoms with Gasteiger partial charge in [0.15, 0.2) is 11.5 Å². The number of fused-ring (bicyclic) bond motifs is 3. The minimum Gasteiger partial charge on any atom is -0.493 e. The van der Waals surface area contributed by atoms with Crippen LogP contribution in [0.15, 0.2) is 48.7 Å². The van der Waals surface area contributed by atoms with Crippen LogP contribution in [0.1, 0.15) is 22.6 Å². The number of aromatic nitrogens is 2. The number of rotatable bonds is 3. The van der Waals surface area contributed by atoms with Crippen LogP contribution in [-0.2, 0) is 0 Å². The fourth-order valence-electron chi connectivity index (χ4n) is 3.25. The van der Waals surface area contributed by atoms with Gasteiger partial charge >= 0.3 is 0 Å². The van der Waals surface area contributed by atoms with Gasteiger partial charge < -0.3 is 9.47 Å². The highest BCUT2D eigenvalue weighted by Gasteiger charge is 2.33. The molecule has 0 spiro atoms. The summed E-state index contributed by atoms with van der Waals surface area (Å²) in [4.78, 5) is 0. The summed E-state index contributed by atoms with van der Waals surface area (Å²) in [6.07, 6.45) is 1.91. The van der Waals surface area contributed by atoms with Crippen molar-refractivity contribution in [3.05, 3.63) is 65.4 Å². The van der Waals surface area contributed by atoms with Crippen molar-refractivity contribution in [2.75, 3.05) is 14.2 Å². The Morgan fingerprint density at radius 2 is 1.68 bits per heavy atom. The standard InChI is InChI=1S/C18H16N2O2/c1-21-15-8-12-13(9-16(15)22-2)18-14(10-19-20-18)17(12)11-6-4-3-5-7-11/h3-10,17H,1-2H3,(H,19,20). The van der Waals surface area contributed by atoms with Crippen molar-refractivity contribution in [3.63, 3.8) is 0 Å². The van der Waals surface area contributed by atoms with Crippen molar-refractivity contribution in [1.29, 1.82) is 0 Å². The summed E-state index contributed by atoms with van der Waals surface area (Å²) in [5, 5.41) is 7.34. The van der Waals surface area contributed by atoms with Gasteiger partial charge in [-0.1, -0.05) is 30.3 Å². The number of nitrogens with one attached hydrogen (secondary N) is 1. The smallest absolute Gasteiger partial charge is 0.161 e. The topological polar surface area (TPSA) is 47.1 Å². The normalized spacial score (nSPS) is 15.3. The molecular weight excluding hydrogens is 276 g/mol. The average Bonchev–Trinajstić information content (AvgIpc) is 3.14. The number of H-pyrrole nitrogens is 1. The van der Waals surface area contributed by atoms with Crippen LogP contribution in [0.4, 0.5) is 0 Å². The van der Waals surface area contributed by atoms with Gasteiger partial charge in [0.25, 0.3) is 0 Å². The van der Waals surface area contributed by atoms with Crippen LogP contribution < -0.4 is 9.47 Å². The Bertz CT molecular complexity index is 824. The average molecular weight is 292 g/mol. The lowest BCUT2D eigenvalue weighted by Gasteiger charge is -2.15. The maximum absolute atomic E-state index is 5.47. The molecule has 4 nitrogen and oxygen atoms in total. The number of methoxy groups -OCH3 is 2. The summed E-state index contributed by atoms with van der Waals surface area (Å²) in [5.41, 5.74) is 5.84. The first-order valence-electron chi connectivity index (χ1n) is 7.18. The molecule has 0 aliphatic heterocycles. The zero-order valence-corrected chi connectivity index (χ0v) is 12.5. The third-order valence-electron chi connectivity index (χ3n) is 4.25. The van der Waals surface area contributed by atoms with E-state index < -0.39 is 0 Å². The number of ether oxygens (including phenoxy) is 2. The van der Waals surface area contributed by atoms with E-state index in [4.69, 9.17) is 9.47 Å². The maximum atomic E-state index is 5.47. The highest BCUT2D eigenvalue weighted by atomic mass is 16.5. The molecule has 1 aromatic heterocycles. The minimum absolute atomic E-state index is 0.171. The van der Waals surface area contributed by atoms with Crippen molar-refractivity contribution in [1.82, 2.24) is 10.2 Å². The molecule has 0 saturated heterocycles. The molecule has 0 saturated carbocycles. The monoisotopic (exact) mass is 292 g/mol. The molecule has 4 rings (SSSR count). The van der Waals surface area contributed by atoms with Crippen LogP contribution in [-0.4, -0.2) is 24.4 Å². The SMILES string of the molecule is COc1cc2c(cc1OC)C(c1ccccc1)c1cn[nH]c1-2. The van der Waals surface area contributed by atoms with Crippen LogP contribution in [0, 0.1) is 0 Å². The second-order valence-corrected chi connectivity index (χ2v) is 5.34. The highest BCUT2D eigenvalue weighted by molar-refractivity contribution is 5.80. The van der Waals surface area contributed by atoms with Crippen molar-refractivity contribution < 1.29 is 9.47 Å². The Hall–Kier alpha value is -2.75. The molecule has 0 amide bonds. The van der Waals surface area contributed by atoms with Crippen molar-refractivity contribution in [2.24, 2.45) is 0 Å². The fraction of sp³-hybridized carbons (Fsp3) is 0.167. The lowest BCUT2D eigenvalue weighted by Crippen LogP contribution is -2.00. The van der Waals surface area contributed by atoms with Gasteiger partial charge in [0.05, 0.1) is 26.1 Å². The van der Waals surface area contributed by atoms with E-state index in [1.165, 1.54) is 16.7 Å². The zero-order valence-electron chi connectivity index (χ0n) is 12.5. The van der Waals surface area contributed by atoms with Gasteiger partial charge in [-0.05, 0) is 23.3 Å². The highest BCUT2D eigenvalue weighted by Crippen LogP contribution is 2.50. The summed E-state index contributed by atoms with van der Waals surface area (Å²) >= 11 is 0. The van der Waals surface area contributed by atoms with Crippen LogP contribution >= 0.6 is 0 Å². The minimum atomic E-state index is 0.171. The van der Waals surface area contributed by atoms with Crippen molar-refractivity contribution >= 4 is 0 Å². The molecule has 110 valence electrons. The molecule has 4 heteroatoms. The molecule has 3 aromatic rings. The van der Waals surface area contributed by atoms with Crippen LogP contribution in [0.3, 0.4) is 0 Å². The molecule has 22 heavy (non-hydrogen) atoms. The first kappa shape index (κ1) is 13.0. The molecule has 0 bridgehead atoms. The second-order valence-electron chi connectivity index (χ2n) is 5.34. The molecule has 1 unspecified atom stereocenters. The number of hydrogen-bond donors (Lipinski definition) is 1. The quantitative estimate of drug-likeness (QED) is 0.627. The third-order valence-corrected chi connectivity index (χ3v) is 4.25. The number of benzene rings is 2. The first-order chi connectivity index (χ1) is 10.8. The van der Waals surface area contributed by atoms with Crippen molar-refractivity contribution in [2.45, 2.75) is 5.92 Å². The summed E-state index contributed by atoms with van der Waals surface area (Å²) in [6.45, 7) is 0. The fourth-order valence-corrected chi connectivity index (χ4v) is 3.25. The summed E-state index contributed by atoms with van der Waals surface area (Å²) in [6, 6.07) is 14.5. The van der Waals surface area contributed by atoms with Crippen LogP contribution in [0.5, 0.6) is 11.5 Å². The summed E-state index contributed by atoms with van der Waals surface area (Å²) < 4.78 is 10.9. The number of hydrogen-bond acceptors (Lipinski definition) is 3. The van der Waals surface area contributed by atoms with E-state index in [0.29, 0.717) is 0 Å². The molecule has 2 aromatic carbocycles. The zero-order chi connectivity index (χ0) is 15.1. The Balaban J connectivity index is 1.97. The van der Waals surface area contributed by atoms with Crippen LogP contribution in [0.25, 0.3) is 11.3 Å². The Labute approximate surface area is 128 Å². The van der Waals surface area contributed by atoms with Gasteiger partial charge in [-0.3, -0.25) is 5.10 Å². The van der Waals surface area contributed by atoms with E-state index in [1.807, 2.05) is 18.3 Å². The van der Waals surface area contributed by atoms with E-state index in [1.54, 1.807) is 14.2 Å². The third kappa shape index (κ3) is 1.73. The van der Waals surface area contributed by atoms with E-state index in [2.05, 4.69) is 40.5 Å². The van der Waals surface area contributed by atoms with Gasteiger partial charge in [0.1, 0.15) is 0 Å². The molecule has 1 aliphatic carbocycles. The van der Waals surface area contributed by atoms with E-state index in [9.17, 15) is 0 Å². The van der Waals surface area contributed by atoms with Gasteiger partial charge in [-0.2, -0.15) is 5.10 Å². The van der Waals surface area contributed by atoms with E-state index >= 15 is 0 Å². The largest absolute Gasteiger partial charge is 0.493 e. The van der Waals surface area contributed by atoms with E-state index in [0.717, 1.165) is 22.8 Å². The summed E-state index contributed by atoms with van der Waals surface area (Å²) in [5.74, 6) is 1.65. The number of nitrogens with zero attached hydrogens (tertiary/aromatic N) is 1. The predicted octanol–water partition coefficient (Wildman–Crippen LogP) is 3.59. The van der Waals surface area contributed by atoms with Gasteiger partial charge in [0, 0.05) is 17.0 Å². The Morgan fingerprint density at radius 3 is 2.41 bits per heavy atom. The lowest BCUT2D eigenvalue weighted by molar-refractivity contribution is 0.355. The molecule has 1 N–H and O–H groups in total. The summed E-state index contributed by atoms with van der Waals surface area (Å²) in [7, 11) is 3.32. The molecule has 0 fully saturated rings. The Morgan fingerprint density at radius 1 is 0.955 bits per heavy atom. The molecule has 1 aliphatic rings. The Kier molecular flexibility index (Phi) is 2.89. The molecule has 0 radical (unpaired) electrons. The molecular formula is C18H16N2O2. The molecule has 1 atom stereocenters. The van der Waals surface area contributed by atoms with Gasteiger partial charge in [-0.25, -0.2) is 0 Å². The van der Waals surface area contributed by atoms with Gasteiger partial charge in [-0.15, -0.1) is 0 Å². The maximum Gasteiger partial charge on any atom is 0.161 e. The van der Waals surface area contributed by atoms with Crippen LogP contribution in [0.2, 0.25) is 0 Å². The lowest BCUT2D eigenvalue weighted by atomic mass is 9.90. The molecule has 1 heterocycles. The number of aromatic amines is 1. The van der Waals surface area contributed by atoms with E-state index in [-0.39, 0.29) is 5.92 Å². The second kappa shape index (κ2) is 4.91. The van der Waals surface area contributed by atoms with Crippen molar-refractivity contribution in [3.8, 4) is 22.8 Å².